The molecule has 0 aliphatic heterocycles. The fourth-order valence-corrected chi connectivity index (χ4v) is 1.27. The molecule has 0 aliphatic carbocycles. The molecule has 0 saturated carbocycles. The lowest BCUT2D eigenvalue weighted by Gasteiger charge is -2.17. The second-order valence-corrected chi connectivity index (χ2v) is 3.20. The number of aliphatic hydroxyl groups is 1. The Hall–Kier alpha value is -1.29. The Labute approximate surface area is 84.2 Å². The van der Waals surface area contributed by atoms with Crippen LogP contribution in [0.5, 0.6) is 0 Å². The quantitative estimate of drug-likeness (QED) is 0.661. The average Bonchev–Trinajstić information content (AvgIpc) is 2.20. The van der Waals surface area contributed by atoms with Crippen LogP contribution in [0.2, 0.25) is 0 Å². The van der Waals surface area contributed by atoms with Gasteiger partial charge < -0.3 is 16.2 Å². The summed E-state index contributed by atoms with van der Waals surface area (Å²) < 4.78 is 0. The van der Waals surface area contributed by atoms with Gasteiger partial charge in [0.15, 0.2) is 0 Å². The van der Waals surface area contributed by atoms with Crippen LogP contribution in [0.1, 0.15) is 19.8 Å². The third-order valence-corrected chi connectivity index (χ3v) is 2.15. The highest BCUT2D eigenvalue weighted by Gasteiger charge is 2.07. The predicted octanol–water partition coefficient (Wildman–Crippen LogP) is 1.24. The minimum atomic E-state index is 0.179. The van der Waals surface area contributed by atoms with Crippen molar-refractivity contribution in [3.05, 3.63) is 18.3 Å². The Kier molecular flexibility index (Phi) is 4.19. The molecule has 1 heterocycles. The van der Waals surface area contributed by atoms with Crippen molar-refractivity contribution in [2.45, 2.75) is 25.8 Å². The summed E-state index contributed by atoms with van der Waals surface area (Å²) in [6, 6.07) is 3.84. The molecule has 0 bridgehead atoms. The summed E-state index contributed by atoms with van der Waals surface area (Å²) in [5.41, 5.74) is 6.37. The molecule has 0 saturated heterocycles. The minimum absolute atomic E-state index is 0.179. The molecule has 0 spiro atoms. The lowest BCUT2D eigenvalue weighted by atomic mass is 10.1. The zero-order valence-corrected chi connectivity index (χ0v) is 8.40. The zero-order valence-electron chi connectivity index (χ0n) is 8.40. The normalized spacial score (nSPS) is 12.4. The molecular weight excluding hydrogens is 178 g/mol. The van der Waals surface area contributed by atoms with Crippen molar-refractivity contribution in [2.24, 2.45) is 0 Å². The molecule has 1 rings (SSSR count). The maximum atomic E-state index is 8.82. The predicted molar refractivity (Wildman–Crippen MR) is 58.1 cm³/mol. The van der Waals surface area contributed by atoms with Crippen molar-refractivity contribution < 1.29 is 5.11 Å². The number of aromatic nitrogens is 1. The van der Waals surface area contributed by atoms with Crippen molar-refractivity contribution in [2.75, 3.05) is 17.7 Å². The number of nitrogens with two attached hydrogens (primary N) is 1. The Morgan fingerprint density at radius 1 is 1.64 bits per heavy atom. The summed E-state index contributed by atoms with van der Waals surface area (Å²) in [7, 11) is 0. The zero-order chi connectivity index (χ0) is 10.4. The van der Waals surface area contributed by atoms with Crippen LogP contribution in [-0.4, -0.2) is 22.7 Å². The third kappa shape index (κ3) is 2.88. The molecule has 0 fully saturated rings. The maximum absolute atomic E-state index is 8.82. The van der Waals surface area contributed by atoms with Gasteiger partial charge in [-0.15, -0.1) is 0 Å². The number of hydrogen-bond donors (Lipinski definition) is 3. The first-order valence-electron chi connectivity index (χ1n) is 4.85. The van der Waals surface area contributed by atoms with Crippen molar-refractivity contribution in [3.63, 3.8) is 0 Å². The topological polar surface area (TPSA) is 71.2 Å². The van der Waals surface area contributed by atoms with E-state index in [0.717, 1.165) is 6.42 Å². The molecule has 4 N–H and O–H groups in total. The Morgan fingerprint density at radius 2 is 2.43 bits per heavy atom. The second-order valence-electron chi connectivity index (χ2n) is 3.20. The third-order valence-electron chi connectivity index (χ3n) is 2.15. The number of pyridine rings is 1. The van der Waals surface area contributed by atoms with Crippen molar-refractivity contribution in [1.82, 2.24) is 4.98 Å². The van der Waals surface area contributed by atoms with Gasteiger partial charge in [0.2, 0.25) is 0 Å². The Morgan fingerprint density at radius 3 is 3.00 bits per heavy atom. The minimum Gasteiger partial charge on any atom is -0.396 e. The first-order valence-corrected chi connectivity index (χ1v) is 4.85. The van der Waals surface area contributed by atoms with Crippen LogP contribution in [0.4, 0.5) is 11.5 Å². The molecule has 0 radical (unpaired) electrons. The maximum Gasteiger partial charge on any atom is 0.149 e. The highest BCUT2D eigenvalue weighted by molar-refractivity contribution is 5.60. The molecular formula is C10H17N3O. The first kappa shape index (κ1) is 10.8. The summed E-state index contributed by atoms with van der Waals surface area (Å²) in [5, 5.41) is 12.0. The summed E-state index contributed by atoms with van der Waals surface area (Å²) in [4.78, 5) is 4.13. The lowest BCUT2D eigenvalue weighted by molar-refractivity contribution is 0.278. The van der Waals surface area contributed by atoms with E-state index < -0.39 is 0 Å². The van der Waals surface area contributed by atoms with Gasteiger partial charge in [0.25, 0.3) is 0 Å². The van der Waals surface area contributed by atoms with E-state index in [2.05, 4.69) is 17.2 Å². The fourth-order valence-electron chi connectivity index (χ4n) is 1.27. The van der Waals surface area contributed by atoms with E-state index in [1.165, 1.54) is 0 Å². The van der Waals surface area contributed by atoms with E-state index in [0.29, 0.717) is 17.9 Å². The second kappa shape index (κ2) is 5.44. The molecule has 0 amide bonds. The van der Waals surface area contributed by atoms with E-state index in [1.807, 2.05) is 0 Å². The van der Waals surface area contributed by atoms with Gasteiger partial charge in [0, 0.05) is 18.8 Å². The molecule has 1 atom stereocenters. The number of nitrogens with one attached hydrogen (secondary N) is 1. The van der Waals surface area contributed by atoms with Crippen LogP contribution in [0.25, 0.3) is 0 Å². The van der Waals surface area contributed by atoms with Crippen molar-refractivity contribution in [1.29, 1.82) is 0 Å². The standard InChI is InChI=1S/C10H17N3O/c1-2-8(5-7-14)13-10-9(11)4-3-6-12-10/h3-4,6,8,14H,2,5,7,11H2,1H3,(H,12,13). The van der Waals surface area contributed by atoms with Gasteiger partial charge in [-0.05, 0) is 25.0 Å². The molecule has 78 valence electrons. The van der Waals surface area contributed by atoms with Gasteiger partial charge in [-0.1, -0.05) is 6.92 Å². The van der Waals surface area contributed by atoms with Gasteiger partial charge in [-0.25, -0.2) is 4.98 Å². The number of anilines is 2. The molecule has 1 aromatic rings. The molecule has 0 aromatic carbocycles. The monoisotopic (exact) mass is 195 g/mol. The SMILES string of the molecule is CCC(CCO)Nc1ncccc1N. The number of rotatable bonds is 5. The molecule has 1 aromatic heterocycles. The summed E-state index contributed by atoms with van der Waals surface area (Å²) in [6.45, 7) is 2.24. The van der Waals surface area contributed by atoms with Crippen LogP contribution in [0.15, 0.2) is 18.3 Å². The molecule has 1 unspecified atom stereocenters. The largest absolute Gasteiger partial charge is 0.396 e. The smallest absolute Gasteiger partial charge is 0.149 e. The van der Waals surface area contributed by atoms with E-state index in [1.54, 1.807) is 18.3 Å². The summed E-state index contributed by atoms with van der Waals surface area (Å²) in [5.74, 6) is 0.702. The number of nitrogen functional groups attached to an aromatic ring is 1. The number of aliphatic hydroxyl groups excluding tert-OH is 1. The van der Waals surface area contributed by atoms with Crippen LogP contribution in [0, 0.1) is 0 Å². The summed E-state index contributed by atoms with van der Waals surface area (Å²) >= 11 is 0. The molecule has 4 nitrogen and oxygen atoms in total. The van der Waals surface area contributed by atoms with Crippen LogP contribution < -0.4 is 11.1 Å². The van der Waals surface area contributed by atoms with Gasteiger partial charge in [-0.3, -0.25) is 0 Å². The average molecular weight is 195 g/mol. The Bertz CT molecular complexity index is 278. The van der Waals surface area contributed by atoms with E-state index in [-0.39, 0.29) is 12.6 Å². The van der Waals surface area contributed by atoms with Crippen molar-refractivity contribution in [3.8, 4) is 0 Å². The van der Waals surface area contributed by atoms with Crippen LogP contribution in [-0.2, 0) is 0 Å². The van der Waals surface area contributed by atoms with Crippen LogP contribution >= 0.6 is 0 Å². The lowest BCUT2D eigenvalue weighted by Crippen LogP contribution is -2.21. The van der Waals surface area contributed by atoms with Gasteiger partial charge >= 0.3 is 0 Å². The highest BCUT2D eigenvalue weighted by atomic mass is 16.3. The van der Waals surface area contributed by atoms with Gasteiger partial charge in [0.1, 0.15) is 5.82 Å². The Balaban J connectivity index is 2.62. The first-order chi connectivity index (χ1) is 6.77. The van der Waals surface area contributed by atoms with Crippen molar-refractivity contribution >= 4 is 11.5 Å². The summed E-state index contributed by atoms with van der Waals surface area (Å²) in [6.07, 6.45) is 3.35. The van der Waals surface area contributed by atoms with Gasteiger partial charge in [-0.2, -0.15) is 0 Å². The number of nitrogens with zero attached hydrogens (tertiary/aromatic N) is 1. The van der Waals surface area contributed by atoms with E-state index in [4.69, 9.17) is 10.8 Å². The molecule has 0 aliphatic rings. The van der Waals surface area contributed by atoms with E-state index in [9.17, 15) is 0 Å². The fraction of sp³-hybridized carbons (Fsp3) is 0.500. The van der Waals surface area contributed by atoms with Gasteiger partial charge in [0.05, 0.1) is 5.69 Å². The highest BCUT2D eigenvalue weighted by Crippen LogP contribution is 2.15. The number of hydrogen-bond acceptors (Lipinski definition) is 4. The van der Waals surface area contributed by atoms with Crippen LogP contribution in [0.3, 0.4) is 0 Å². The molecule has 4 heteroatoms. The molecule has 14 heavy (non-hydrogen) atoms. The van der Waals surface area contributed by atoms with E-state index >= 15 is 0 Å².